The number of rotatable bonds is 5. The fraction of sp³-hybridized carbons (Fsp3) is 0.538. The summed E-state index contributed by atoms with van der Waals surface area (Å²) in [5.41, 5.74) is 0. The van der Waals surface area contributed by atoms with Crippen molar-refractivity contribution in [1.82, 2.24) is 9.88 Å². The fourth-order valence-electron chi connectivity index (χ4n) is 2.23. The lowest BCUT2D eigenvalue weighted by Gasteiger charge is -2.30. The topological polar surface area (TPSA) is 45.2 Å². The van der Waals surface area contributed by atoms with Crippen LogP contribution in [-0.4, -0.2) is 42.3 Å². The van der Waals surface area contributed by atoms with Gasteiger partial charge >= 0.3 is 0 Å². The Hall–Kier alpha value is -0.940. The second-order valence-electron chi connectivity index (χ2n) is 4.65. The third-order valence-corrected chi connectivity index (χ3v) is 3.83. The number of halogens is 1. The lowest BCUT2D eigenvalue weighted by molar-refractivity contribution is -0.109. The molecule has 4 nitrogen and oxygen atoms in total. The van der Waals surface area contributed by atoms with Crippen molar-refractivity contribution in [2.45, 2.75) is 12.8 Å². The number of aromatic nitrogens is 1. The van der Waals surface area contributed by atoms with Crippen LogP contribution in [0.25, 0.3) is 0 Å². The van der Waals surface area contributed by atoms with E-state index in [1.807, 2.05) is 12.1 Å². The highest BCUT2D eigenvalue weighted by molar-refractivity contribution is 9.10. The highest BCUT2D eigenvalue weighted by atomic mass is 79.9. The standard InChI is InChI=1S/C13H18BrN3O/c14-12-1-4-15-13(9-12)16-10-11-2-5-17(6-3-11)7-8-18/h1,4,8-9,11H,2-3,5-7,10H2,(H,15,16). The number of piperidine rings is 1. The SMILES string of the molecule is O=CCN1CCC(CNc2cc(Br)ccn2)CC1. The van der Waals surface area contributed by atoms with Gasteiger partial charge in [-0.15, -0.1) is 0 Å². The van der Waals surface area contributed by atoms with E-state index < -0.39 is 0 Å². The smallest absolute Gasteiger partial charge is 0.133 e. The van der Waals surface area contributed by atoms with Crippen LogP contribution in [0.2, 0.25) is 0 Å². The second kappa shape index (κ2) is 6.85. The molecule has 0 saturated carbocycles. The van der Waals surface area contributed by atoms with Gasteiger partial charge in [-0.25, -0.2) is 4.98 Å². The molecule has 1 N–H and O–H groups in total. The van der Waals surface area contributed by atoms with Crippen molar-refractivity contribution in [3.05, 3.63) is 22.8 Å². The summed E-state index contributed by atoms with van der Waals surface area (Å²) in [4.78, 5) is 16.9. The molecule has 0 bridgehead atoms. The van der Waals surface area contributed by atoms with E-state index in [0.717, 1.165) is 49.1 Å². The van der Waals surface area contributed by atoms with Gasteiger partial charge in [-0.2, -0.15) is 0 Å². The van der Waals surface area contributed by atoms with Gasteiger partial charge < -0.3 is 10.1 Å². The minimum Gasteiger partial charge on any atom is -0.370 e. The number of hydrogen-bond donors (Lipinski definition) is 1. The molecule has 5 heteroatoms. The van der Waals surface area contributed by atoms with Gasteiger partial charge in [0, 0.05) is 17.2 Å². The highest BCUT2D eigenvalue weighted by Crippen LogP contribution is 2.18. The van der Waals surface area contributed by atoms with Gasteiger partial charge in [0.1, 0.15) is 12.1 Å². The van der Waals surface area contributed by atoms with Gasteiger partial charge in [-0.1, -0.05) is 15.9 Å². The van der Waals surface area contributed by atoms with Crippen molar-refractivity contribution < 1.29 is 4.79 Å². The van der Waals surface area contributed by atoms with Gasteiger partial charge in [-0.05, 0) is 44.0 Å². The molecule has 1 aromatic heterocycles. The molecular formula is C13H18BrN3O. The number of nitrogens with one attached hydrogen (secondary N) is 1. The molecule has 1 aromatic rings. The van der Waals surface area contributed by atoms with Crippen molar-refractivity contribution in [3.63, 3.8) is 0 Å². The molecule has 2 rings (SSSR count). The molecule has 0 amide bonds. The van der Waals surface area contributed by atoms with Crippen LogP contribution in [0.15, 0.2) is 22.8 Å². The Labute approximate surface area is 116 Å². The van der Waals surface area contributed by atoms with Crippen molar-refractivity contribution in [1.29, 1.82) is 0 Å². The molecule has 1 aliphatic heterocycles. The zero-order chi connectivity index (χ0) is 12.8. The third kappa shape index (κ3) is 4.07. The molecule has 2 heterocycles. The van der Waals surface area contributed by atoms with Crippen molar-refractivity contribution >= 4 is 28.0 Å². The lowest BCUT2D eigenvalue weighted by Crippen LogP contribution is -2.36. The number of aldehydes is 1. The first kappa shape index (κ1) is 13.5. The summed E-state index contributed by atoms with van der Waals surface area (Å²) in [6.45, 7) is 3.58. The molecule has 0 aliphatic carbocycles. The summed E-state index contributed by atoms with van der Waals surface area (Å²) in [5.74, 6) is 1.59. The van der Waals surface area contributed by atoms with E-state index in [0.29, 0.717) is 12.5 Å². The maximum atomic E-state index is 10.4. The van der Waals surface area contributed by atoms with Gasteiger partial charge in [-0.3, -0.25) is 4.90 Å². The predicted molar refractivity (Wildman–Crippen MR) is 75.7 cm³/mol. The molecule has 0 unspecified atom stereocenters. The van der Waals surface area contributed by atoms with Crippen LogP contribution in [0.1, 0.15) is 12.8 Å². The zero-order valence-corrected chi connectivity index (χ0v) is 11.9. The lowest BCUT2D eigenvalue weighted by atomic mass is 9.97. The molecular weight excluding hydrogens is 294 g/mol. The molecule has 1 aliphatic rings. The van der Waals surface area contributed by atoms with Crippen LogP contribution in [0.3, 0.4) is 0 Å². The molecule has 0 radical (unpaired) electrons. The Balaban J connectivity index is 1.73. The molecule has 98 valence electrons. The Morgan fingerprint density at radius 3 is 2.94 bits per heavy atom. The summed E-state index contributed by atoms with van der Waals surface area (Å²) < 4.78 is 1.04. The van der Waals surface area contributed by atoms with E-state index in [1.165, 1.54) is 0 Å². The van der Waals surface area contributed by atoms with E-state index in [1.54, 1.807) is 6.20 Å². The number of carbonyl (C=O) groups is 1. The minimum atomic E-state index is 0.577. The van der Waals surface area contributed by atoms with Gasteiger partial charge in [0.25, 0.3) is 0 Å². The maximum Gasteiger partial charge on any atom is 0.133 e. The molecule has 0 aromatic carbocycles. The van der Waals surface area contributed by atoms with E-state index in [9.17, 15) is 4.79 Å². The molecule has 18 heavy (non-hydrogen) atoms. The quantitative estimate of drug-likeness (QED) is 0.847. The van der Waals surface area contributed by atoms with Gasteiger partial charge in [0.05, 0.1) is 6.54 Å². The summed E-state index contributed by atoms with van der Waals surface area (Å²) >= 11 is 3.43. The second-order valence-corrected chi connectivity index (χ2v) is 5.57. The fourth-order valence-corrected chi connectivity index (χ4v) is 2.56. The largest absolute Gasteiger partial charge is 0.370 e. The number of carbonyl (C=O) groups excluding carboxylic acids is 1. The van der Waals surface area contributed by atoms with Crippen LogP contribution in [0.4, 0.5) is 5.82 Å². The first-order valence-corrected chi connectivity index (χ1v) is 7.08. The number of likely N-dealkylation sites (tertiary alicyclic amines) is 1. The summed E-state index contributed by atoms with van der Waals surface area (Å²) in [7, 11) is 0. The summed E-state index contributed by atoms with van der Waals surface area (Å²) in [6.07, 6.45) is 5.08. The first-order valence-electron chi connectivity index (χ1n) is 6.29. The van der Waals surface area contributed by atoms with Crippen LogP contribution in [0.5, 0.6) is 0 Å². The maximum absolute atomic E-state index is 10.4. The van der Waals surface area contributed by atoms with Crippen molar-refractivity contribution in [2.24, 2.45) is 5.92 Å². The van der Waals surface area contributed by atoms with Gasteiger partial charge in [0.2, 0.25) is 0 Å². The number of nitrogens with zero attached hydrogens (tertiary/aromatic N) is 2. The Morgan fingerprint density at radius 1 is 1.50 bits per heavy atom. The van der Waals surface area contributed by atoms with Crippen LogP contribution < -0.4 is 5.32 Å². The predicted octanol–water partition coefficient (Wildman–Crippen LogP) is 2.17. The van der Waals surface area contributed by atoms with Crippen LogP contribution in [-0.2, 0) is 4.79 Å². The average Bonchev–Trinajstić information content (AvgIpc) is 2.38. The molecule has 1 saturated heterocycles. The molecule has 1 fully saturated rings. The number of anilines is 1. The van der Waals surface area contributed by atoms with Gasteiger partial charge in [0.15, 0.2) is 0 Å². The van der Waals surface area contributed by atoms with E-state index in [-0.39, 0.29) is 0 Å². The summed E-state index contributed by atoms with van der Waals surface area (Å²) in [6, 6.07) is 3.91. The van der Waals surface area contributed by atoms with Crippen molar-refractivity contribution in [2.75, 3.05) is 31.5 Å². The average molecular weight is 312 g/mol. The monoisotopic (exact) mass is 311 g/mol. The molecule has 0 spiro atoms. The van der Waals surface area contributed by atoms with Crippen LogP contribution in [0, 0.1) is 5.92 Å². The van der Waals surface area contributed by atoms with E-state index in [2.05, 4.69) is 31.1 Å². The van der Waals surface area contributed by atoms with E-state index >= 15 is 0 Å². The normalized spacial score (nSPS) is 17.6. The highest BCUT2D eigenvalue weighted by Gasteiger charge is 2.18. The minimum absolute atomic E-state index is 0.577. The van der Waals surface area contributed by atoms with Crippen molar-refractivity contribution in [3.8, 4) is 0 Å². The number of pyridine rings is 1. The van der Waals surface area contributed by atoms with Crippen LogP contribution >= 0.6 is 15.9 Å². The Kier molecular flexibility index (Phi) is 5.13. The Morgan fingerprint density at radius 2 is 2.28 bits per heavy atom. The third-order valence-electron chi connectivity index (χ3n) is 3.33. The Bertz CT molecular complexity index is 392. The number of hydrogen-bond acceptors (Lipinski definition) is 4. The van der Waals surface area contributed by atoms with E-state index in [4.69, 9.17) is 0 Å². The molecule has 0 atom stereocenters. The summed E-state index contributed by atoms with van der Waals surface area (Å²) in [5, 5.41) is 3.37. The first-order chi connectivity index (χ1) is 8.78. The zero-order valence-electron chi connectivity index (χ0n) is 10.3.